The smallest absolute Gasteiger partial charge is 0.230 e. The van der Waals surface area contributed by atoms with E-state index in [9.17, 15) is 9.59 Å². The van der Waals surface area contributed by atoms with Gasteiger partial charge >= 0.3 is 0 Å². The summed E-state index contributed by atoms with van der Waals surface area (Å²) >= 11 is 3.52. The van der Waals surface area contributed by atoms with Gasteiger partial charge in [0, 0.05) is 45.0 Å². The van der Waals surface area contributed by atoms with Crippen LogP contribution < -0.4 is 5.32 Å². The molecule has 1 N–H and O–H groups in total. The summed E-state index contributed by atoms with van der Waals surface area (Å²) in [5.41, 5.74) is 3.76. The Balaban J connectivity index is 1.60. The molecule has 27 heavy (non-hydrogen) atoms. The minimum Gasteiger partial charge on any atom is -0.355 e. The van der Waals surface area contributed by atoms with Crippen molar-refractivity contribution in [1.82, 2.24) is 25.0 Å². The van der Waals surface area contributed by atoms with Crippen molar-refractivity contribution in [3.8, 4) is 0 Å². The third-order valence-electron chi connectivity index (χ3n) is 4.92. The predicted molar refractivity (Wildman–Crippen MR) is 105 cm³/mol. The van der Waals surface area contributed by atoms with Gasteiger partial charge < -0.3 is 10.2 Å². The highest BCUT2D eigenvalue weighted by Crippen LogP contribution is 2.26. The Morgan fingerprint density at radius 3 is 2.81 bits per heavy atom. The Labute approximate surface area is 167 Å². The Hall–Kier alpha value is -2.22. The molecule has 0 spiro atoms. The van der Waals surface area contributed by atoms with Crippen LogP contribution in [0.3, 0.4) is 0 Å². The largest absolute Gasteiger partial charge is 0.355 e. The number of carbonyl (C=O) groups excluding carboxylic acids is 2. The third-order valence-corrected chi connectivity index (χ3v) is 6.07. The van der Waals surface area contributed by atoms with Crippen molar-refractivity contribution in [2.24, 2.45) is 0 Å². The molecular weight excluding hydrogens is 410 g/mol. The molecule has 7 nitrogen and oxygen atoms in total. The van der Waals surface area contributed by atoms with E-state index in [1.165, 1.54) is 6.92 Å². The van der Waals surface area contributed by atoms with E-state index in [2.05, 4.69) is 31.3 Å². The predicted octanol–water partition coefficient (Wildman–Crippen LogP) is 2.31. The summed E-state index contributed by atoms with van der Waals surface area (Å²) in [7, 11) is 0. The zero-order valence-corrected chi connectivity index (χ0v) is 17.4. The first kappa shape index (κ1) is 19.5. The number of nitrogens with zero attached hydrogens (tertiary/aromatic N) is 4. The van der Waals surface area contributed by atoms with Gasteiger partial charge in [-0.15, -0.1) is 0 Å². The van der Waals surface area contributed by atoms with E-state index < -0.39 is 5.92 Å². The van der Waals surface area contributed by atoms with Gasteiger partial charge in [0.25, 0.3) is 0 Å². The van der Waals surface area contributed by atoms with Gasteiger partial charge in [0.15, 0.2) is 0 Å². The zero-order valence-electron chi connectivity index (χ0n) is 15.8. The summed E-state index contributed by atoms with van der Waals surface area (Å²) in [6.07, 6.45) is 2.47. The van der Waals surface area contributed by atoms with Crippen LogP contribution in [0.15, 0.2) is 22.8 Å². The first-order chi connectivity index (χ1) is 12.9. The summed E-state index contributed by atoms with van der Waals surface area (Å²) in [6.45, 7) is 7.67. The molecule has 0 saturated carbocycles. The van der Waals surface area contributed by atoms with E-state index in [-0.39, 0.29) is 11.8 Å². The number of aromatic nitrogens is 3. The fourth-order valence-corrected chi connectivity index (χ4v) is 3.66. The monoisotopic (exact) mass is 433 g/mol. The third kappa shape index (κ3) is 4.21. The maximum Gasteiger partial charge on any atom is 0.230 e. The normalized spacial score (nSPS) is 16.1. The molecule has 0 aliphatic carbocycles. The molecule has 0 saturated heterocycles. The van der Waals surface area contributed by atoms with Crippen molar-refractivity contribution >= 4 is 27.7 Å². The fourth-order valence-electron chi connectivity index (χ4n) is 3.38. The number of aryl methyl sites for hydroxylation is 2. The average Bonchev–Trinajstić information content (AvgIpc) is 2.90. The Morgan fingerprint density at radius 1 is 1.37 bits per heavy atom. The molecule has 2 amide bonds. The Bertz CT molecular complexity index is 864. The summed E-state index contributed by atoms with van der Waals surface area (Å²) < 4.78 is 2.97. The van der Waals surface area contributed by atoms with E-state index in [0.29, 0.717) is 19.6 Å². The Morgan fingerprint density at radius 2 is 2.15 bits per heavy atom. The SMILES string of the molecule is CC(=O)N1Cc2cccnc2C(C(=O)NCCCn2nc(C)c(Br)c2C)C1. The molecule has 8 heteroatoms. The molecule has 1 aliphatic heterocycles. The van der Waals surface area contributed by atoms with E-state index in [4.69, 9.17) is 0 Å². The summed E-state index contributed by atoms with van der Waals surface area (Å²) in [6, 6.07) is 3.77. The van der Waals surface area contributed by atoms with Crippen LogP contribution in [0.1, 0.15) is 41.9 Å². The minimum atomic E-state index is -0.429. The number of nitrogens with one attached hydrogen (secondary N) is 1. The zero-order chi connectivity index (χ0) is 19.6. The molecule has 1 atom stereocenters. The molecule has 144 valence electrons. The molecular formula is C19H24BrN5O2. The topological polar surface area (TPSA) is 80.1 Å². The van der Waals surface area contributed by atoms with Gasteiger partial charge in [0.2, 0.25) is 11.8 Å². The number of hydrogen-bond acceptors (Lipinski definition) is 4. The lowest BCUT2D eigenvalue weighted by Gasteiger charge is -2.32. The second-order valence-corrected chi connectivity index (χ2v) is 7.65. The molecule has 3 rings (SSSR count). The molecule has 0 fully saturated rings. The van der Waals surface area contributed by atoms with Gasteiger partial charge in [0.1, 0.15) is 0 Å². The van der Waals surface area contributed by atoms with Gasteiger partial charge in [-0.3, -0.25) is 19.3 Å². The molecule has 2 aromatic rings. The van der Waals surface area contributed by atoms with Crippen molar-refractivity contribution in [1.29, 1.82) is 0 Å². The second-order valence-electron chi connectivity index (χ2n) is 6.85. The van der Waals surface area contributed by atoms with Crippen LogP contribution in [0, 0.1) is 13.8 Å². The maximum atomic E-state index is 12.7. The minimum absolute atomic E-state index is 0.0302. The number of hydrogen-bond donors (Lipinski definition) is 1. The molecule has 0 radical (unpaired) electrons. The number of halogens is 1. The number of carbonyl (C=O) groups is 2. The summed E-state index contributed by atoms with van der Waals surface area (Å²) in [5.74, 6) is -0.547. The van der Waals surface area contributed by atoms with E-state index in [0.717, 1.165) is 40.1 Å². The van der Waals surface area contributed by atoms with Crippen molar-refractivity contribution in [3.05, 3.63) is 45.4 Å². The van der Waals surface area contributed by atoms with Crippen LogP contribution in [0.25, 0.3) is 0 Å². The highest BCUT2D eigenvalue weighted by atomic mass is 79.9. The van der Waals surface area contributed by atoms with Crippen LogP contribution in [0.4, 0.5) is 0 Å². The number of rotatable bonds is 5. The lowest BCUT2D eigenvalue weighted by Crippen LogP contribution is -2.43. The molecule has 2 aromatic heterocycles. The van der Waals surface area contributed by atoms with Crippen LogP contribution >= 0.6 is 15.9 Å². The molecule has 1 unspecified atom stereocenters. The van der Waals surface area contributed by atoms with Gasteiger partial charge in [-0.05, 0) is 47.8 Å². The van der Waals surface area contributed by atoms with Gasteiger partial charge in [-0.1, -0.05) is 6.07 Å². The van der Waals surface area contributed by atoms with Gasteiger partial charge in [0.05, 0.1) is 21.8 Å². The van der Waals surface area contributed by atoms with E-state index >= 15 is 0 Å². The van der Waals surface area contributed by atoms with Gasteiger partial charge in [-0.2, -0.15) is 5.10 Å². The van der Waals surface area contributed by atoms with E-state index in [1.54, 1.807) is 11.1 Å². The average molecular weight is 434 g/mol. The number of pyridine rings is 1. The molecule has 0 bridgehead atoms. The maximum absolute atomic E-state index is 12.7. The lowest BCUT2D eigenvalue weighted by molar-refractivity contribution is -0.131. The molecule has 3 heterocycles. The summed E-state index contributed by atoms with van der Waals surface area (Å²) in [5, 5.41) is 7.47. The van der Waals surface area contributed by atoms with Crippen molar-refractivity contribution in [3.63, 3.8) is 0 Å². The number of amides is 2. The van der Waals surface area contributed by atoms with Crippen LogP contribution in [-0.4, -0.2) is 44.6 Å². The lowest BCUT2D eigenvalue weighted by atomic mass is 9.94. The number of fused-ring (bicyclic) bond motifs is 1. The second kappa shape index (κ2) is 8.21. The Kier molecular flexibility index (Phi) is 5.94. The van der Waals surface area contributed by atoms with Gasteiger partial charge in [-0.25, -0.2) is 0 Å². The van der Waals surface area contributed by atoms with Crippen molar-refractivity contribution in [2.45, 2.75) is 46.2 Å². The van der Waals surface area contributed by atoms with Crippen molar-refractivity contribution < 1.29 is 9.59 Å². The highest BCUT2D eigenvalue weighted by Gasteiger charge is 2.32. The molecule has 1 aliphatic rings. The van der Waals surface area contributed by atoms with E-state index in [1.807, 2.05) is 30.7 Å². The first-order valence-electron chi connectivity index (χ1n) is 9.05. The van der Waals surface area contributed by atoms with Crippen LogP contribution in [0.5, 0.6) is 0 Å². The first-order valence-corrected chi connectivity index (χ1v) is 9.84. The van der Waals surface area contributed by atoms with Crippen LogP contribution in [-0.2, 0) is 22.7 Å². The van der Waals surface area contributed by atoms with Crippen molar-refractivity contribution in [2.75, 3.05) is 13.1 Å². The highest BCUT2D eigenvalue weighted by molar-refractivity contribution is 9.10. The fraction of sp³-hybridized carbons (Fsp3) is 0.474. The summed E-state index contributed by atoms with van der Waals surface area (Å²) in [4.78, 5) is 30.7. The quantitative estimate of drug-likeness (QED) is 0.733. The standard InChI is InChI=1S/C19H24BrN5O2/c1-12-17(20)13(2)25(23-12)9-5-8-22-19(27)16-11-24(14(3)26)10-15-6-4-7-21-18(15)16/h4,6-7,16H,5,8-11H2,1-3H3,(H,22,27). The molecule has 0 aromatic carbocycles. The van der Waals surface area contributed by atoms with Crippen LogP contribution in [0.2, 0.25) is 0 Å².